The normalized spacial score (nSPS) is 10.4. The van der Waals surface area contributed by atoms with Crippen molar-refractivity contribution in [3.05, 3.63) is 30.5 Å². The van der Waals surface area contributed by atoms with Crippen molar-refractivity contribution in [2.24, 2.45) is 7.05 Å². The lowest BCUT2D eigenvalue weighted by Gasteiger charge is -2.06. The van der Waals surface area contributed by atoms with Crippen molar-refractivity contribution in [2.45, 2.75) is 13.3 Å². The van der Waals surface area contributed by atoms with Gasteiger partial charge in [-0.25, -0.2) is 4.98 Å². The zero-order valence-corrected chi connectivity index (χ0v) is 9.64. The summed E-state index contributed by atoms with van der Waals surface area (Å²) in [6.07, 6.45) is 2.88. The summed E-state index contributed by atoms with van der Waals surface area (Å²) in [7, 11) is 1.92. The van der Waals surface area contributed by atoms with E-state index in [2.05, 4.69) is 22.3 Å². The molecule has 2 heterocycles. The molecule has 2 aromatic heterocycles. The summed E-state index contributed by atoms with van der Waals surface area (Å²) < 4.78 is 1.83. The van der Waals surface area contributed by atoms with Gasteiger partial charge in [0.05, 0.1) is 11.4 Å². The Balaban J connectivity index is 2.26. The van der Waals surface area contributed by atoms with Gasteiger partial charge in [-0.2, -0.15) is 5.10 Å². The Morgan fingerprint density at radius 1 is 1.31 bits per heavy atom. The van der Waals surface area contributed by atoms with Gasteiger partial charge in [-0.15, -0.1) is 0 Å². The SMILES string of the molecule is CCCNc1cccc(-c2ccnn2C)n1. The van der Waals surface area contributed by atoms with Crippen LogP contribution >= 0.6 is 0 Å². The third-order valence-corrected chi connectivity index (χ3v) is 2.39. The first-order valence-electron chi connectivity index (χ1n) is 5.50. The van der Waals surface area contributed by atoms with E-state index in [4.69, 9.17) is 0 Å². The van der Waals surface area contributed by atoms with Crippen LogP contribution in [-0.2, 0) is 7.05 Å². The number of aryl methyl sites for hydroxylation is 1. The van der Waals surface area contributed by atoms with E-state index in [1.54, 1.807) is 6.20 Å². The summed E-state index contributed by atoms with van der Waals surface area (Å²) >= 11 is 0. The maximum Gasteiger partial charge on any atom is 0.126 e. The van der Waals surface area contributed by atoms with Crippen LogP contribution in [0, 0.1) is 0 Å². The summed E-state index contributed by atoms with van der Waals surface area (Å²) in [5, 5.41) is 7.42. The standard InChI is InChI=1S/C12H16N4/c1-3-8-13-12-6-4-5-10(15-12)11-7-9-14-16(11)2/h4-7,9H,3,8H2,1-2H3,(H,13,15). The lowest BCUT2D eigenvalue weighted by Crippen LogP contribution is -2.03. The molecule has 0 saturated heterocycles. The number of rotatable bonds is 4. The number of hydrogen-bond donors (Lipinski definition) is 1. The highest BCUT2D eigenvalue weighted by Crippen LogP contribution is 2.17. The molecule has 2 aromatic rings. The van der Waals surface area contributed by atoms with Crippen molar-refractivity contribution in [3.8, 4) is 11.4 Å². The van der Waals surface area contributed by atoms with Crippen molar-refractivity contribution in [1.29, 1.82) is 0 Å². The van der Waals surface area contributed by atoms with E-state index in [-0.39, 0.29) is 0 Å². The van der Waals surface area contributed by atoms with Gasteiger partial charge in [0.1, 0.15) is 5.82 Å². The Kier molecular flexibility index (Phi) is 3.19. The zero-order valence-electron chi connectivity index (χ0n) is 9.64. The molecule has 0 fully saturated rings. The molecule has 0 aliphatic rings. The predicted molar refractivity (Wildman–Crippen MR) is 65.2 cm³/mol. The molecule has 0 spiro atoms. The first kappa shape index (κ1) is 10.7. The second-order valence-electron chi connectivity index (χ2n) is 3.67. The summed E-state index contributed by atoms with van der Waals surface area (Å²) in [6, 6.07) is 7.95. The molecule has 0 unspecified atom stereocenters. The van der Waals surface area contributed by atoms with Crippen LogP contribution in [0.5, 0.6) is 0 Å². The highest BCUT2D eigenvalue weighted by Gasteiger charge is 2.04. The molecule has 16 heavy (non-hydrogen) atoms. The number of aromatic nitrogens is 3. The van der Waals surface area contributed by atoms with Gasteiger partial charge in [0, 0.05) is 19.8 Å². The van der Waals surface area contributed by atoms with Gasteiger partial charge in [0.25, 0.3) is 0 Å². The molecule has 0 atom stereocenters. The molecule has 0 aliphatic carbocycles. The molecule has 0 aromatic carbocycles. The van der Waals surface area contributed by atoms with E-state index in [9.17, 15) is 0 Å². The monoisotopic (exact) mass is 216 g/mol. The van der Waals surface area contributed by atoms with Crippen LogP contribution in [-0.4, -0.2) is 21.3 Å². The Hall–Kier alpha value is -1.84. The highest BCUT2D eigenvalue weighted by atomic mass is 15.3. The minimum Gasteiger partial charge on any atom is -0.370 e. The average Bonchev–Trinajstić information content (AvgIpc) is 2.73. The minimum atomic E-state index is 0.917. The summed E-state index contributed by atoms with van der Waals surface area (Å²) in [4.78, 5) is 4.54. The fourth-order valence-corrected chi connectivity index (χ4v) is 1.55. The molecule has 0 aliphatic heterocycles. The molecule has 0 bridgehead atoms. The van der Waals surface area contributed by atoms with Gasteiger partial charge in [0.15, 0.2) is 0 Å². The second kappa shape index (κ2) is 4.79. The van der Waals surface area contributed by atoms with Crippen LogP contribution in [0.3, 0.4) is 0 Å². The van der Waals surface area contributed by atoms with E-state index in [0.717, 1.165) is 30.2 Å². The Labute approximate surface area is 95.3 Å². The average molecular weight is 216 g/mol. The minimum absolute atomic E-state index is 0.917. The molecule has 0 saturated carbocycles. The lowest BCUT2D eigenvalue weighted by molar-refractivity contribution is 0.773. The van der Waals surface area contributed by atoms with Crippen LogP contribution in [0.25, 0.3) is 11.4 Å². The Bertz CT molecular complexity index is 462. The van der Waals surface area contributed by atoms with Crippen molar-refractivity contribution in [3.63, 3.8) is 0 Å². The second-order valence-corrected chi connectivity index (χ2v) is 3.67. The van der Waals surface area contributed by atoms with Gasteiger partial charge in [-0.3, -0.25) is 4.68 Å². The maximum absolute atomic E-state index is 4.54. The molecule has 1 N–H and O–H groups in total. The number of pyridine rings is 1. The maximum atomic E-state index is 4.54. The predicted octanol–water partition coefficient (Wildman–Crippen LogP) is 2.30. The quantitative estimate of drug-likeness (QED) is 0.852. The first-order chi connectivity index (χ1) is 7.81. The van der Waals surface area contributed by atoms with Crippen LogP contribution in [0.15, 0.2) is 30.5 Å². The van der Waals surface area contributed by atoms with Gasteiger partial charge >= 0.3 is 0 Å². The van der Waals surface area contributed by atoms with Gasteiger partial charge in [-0.1, -0.05) is 13.0 Å². The van der Waals surface area contributed by atoms with E-state index >= 15 is 0 Å². The van der Waals surface area contributed by atoms with Gasteiger partial charge in [0.2, 0.25) is 0 Å². The smallest absolute Gasteiger partial charge is 0.126 e. The number of anilines is 1. The van der Waals surface area contributed by atoms with Crippen molar-refractivity contribution < 1.29 is 0 Å². The molecular formula is C12H16N4. The van der Waals surface area contributed by atoms with E-state index in [1.165, 1.54) is 0 Å². The third-order valence-electron chi connectivity index (χ3n) is 2.39. The van der Waals surface area contributed by atoms with E-state index in [1.807, 2.05) is 36.0 Å². The van der Waals surface area contributed by atoms with Crippen molar-refractivity contribution in [2.75, 3.05) is 11.9 Å². The molecular weight excluding hydrogens is 200 g/mol. The molecule has 0 radical (unpaired) electrons. The van der Waals surface area contributed by atoms with Crippen molar-refractivity contribution in [1.82, 2.24) is 14.8 Å². The summed E-state index contributed by atoms with van der Waals surface area (Å²) in [5.41, 5.74) is 1.97. The Morgan fingerprint density at radius 2 is 2.19 bits per heavy atom. The summed E-state index contributed by atoms with van der Waals surface area (Å²) in [5.74, 6) is 0.917. The zero-order chi connectivity index (χ0) is 11.4. The topological polar surface area (TPSA) is 42.7 Å². The third kappa shape index (κ3) is 2.21. The first-order valence-corrected chi connectivity index (χ1v) is 5.50. The van der Waals surface area contributed by atoms with Gasteiger partial charge < -0.3 is 5.32 Å². The number of nitrogens with one attached hydrogen (secondary N) is 1. The van der Waals surface area contributed by atoms with E-state index < -0.39 is 0 Å². The fraction of sp³-hybridized carbons (Fsp3) is 0.333. The Morgan fingerprint density at radius 3 is 2.88 bits per heavy atom. The number of hydrogen-bond acceptors (Lipinski definition) is 3. The molecule has 2 rings (SSSR count). The van der Waals surface area contributed by atoms with Crippen molar-refractivity contribution >= 4 is 5.82 Å². The lowest BCUT2D eigenvalue weighted by atomic mass is 10.2. The fourth-order valence-electron chi connectivity index (χ4n) is 1.55. The molecule has 0 amide bonds. The largest absolute Gasteiger partial charge is 0.370 e. The molecule has 4 nitrogen and oxygen atoms in total. The summed E-state index contributed by atoms with van der Waals surface area (Å²) in [6.45, 7) is 3.08. The van der Waals surface area contributed by atoms with Crippen LogP contribution < -0.4 is 5.32 Å². The van der Waals surface area contributed by atoms with E-state index in [0.29, 0.717) is 0 Å². The molecule has 4 heteroatoms. The van der Waals surface area contributed by atoms with Crippen LogP contribution in [0.2, 0.25) is 0 Å². The number of nitrogens with zero attached hydrogens (tertiary/aromatic N) is 3. The van der Waals surface area contributed by atoms with Crippen LogP contribution in [0.4, 0.5) is 5.82 Å². The molecule has 84 valence electrons. The highest BCUT2D eigenvalue weighted by molar-refractivity contribution is 5.57. The van der Waals surface area contributed by atoms with Gasteiger partial charge in [-0.05, 0) is 24.6 Å². The van der Waals surface area contributed by atoms with Crippen LogP contribution in [0.1, 0.15) is 13.3 Å².